The average Bonchev–Trinajstić information content (AvgIpc) is 2.58. The highest BCUT2D eigenvalue weighted by Gasteiger charge is 2.24. The Morgan fingerprint density at radius 2 is 1.96 bits per heavy atom. The van der Waals surface area contributed by atoms with Crippen molar-refractivity contribution in [1.82, 2.24) is 4.98 Å². The van der Waals surface area contributed by atoms with Crippen molar-refractivity contribution in [3.63, 3.8) is 0 Å². The Kier molecular flexibility index (Phi) is 6.63. The SMILES string of the molecule is CC(C)(C)OC(=O)N(CCOc1ccc(Cl)cc1C(=O)O)c1ccccn1. The van der Waals surface area contributed by atoms with Crippen LogP contribution in [-0.2, 0) is 4.74 Å². The zero-order valence-corrected chi connectivity index (χ0v) is 16.1. The zero-order valence-electron chi connectivity index (χ0n) is 15.3. The molecule has 0 unspecified atom stereocenters. The number of aromatic carboxylic acids is 1. The van der Waals surface area contributed by atoms with Crippen LogP contribution in [0.5, 0.6) is 5.75 Å². The molecule has 0 radical (unpaired) electrons. The molecular weight excluding hydrogens is 372 g/mol. The van der Waals surface area contributed by atoms with Crippen molar-refractivity contribution in [3.05, 3.63) is 53.2 Å². The number of nitrogens with zero attached hydrogens (tertiary/aromatic N) is 2. The van der Waals surface area contributed by atoms with E-state index in [1.54, 1.807) is 45.2 Å². The minimum Gasteiger partial charge on any atom is -0.491 e. The van der Waals surface area contributed by atoms with Crippen molar-refractivity contribution >= 4 is 29.5 Å². The van der Waals surface area contributed by atoms with Gasteiger partial charge in [0, 0.05) is 11.2 Å². The van der Waals surface area contributed by atoms with Crippen molar-refractivity contribution in [1.29, 1.82) is 0 Å². The van der Waals surface area contributed by atoms with Gasteiger partial charge < -0.3 is 14.6 Å². The molecule has 144 valence electrons. The van der Waals surface area contributed by atoms with Crippen LogP contribution in [0.15, 0.2) is 42.6 Å². The lowest BCUT2D eigenvalue weighted by molar-refractivity contribution is 0.0571. The molecule has 0 fully saturated rings. The summed E-state index contributed by atoms with van der Waals surface area (Å²) in [7, 11) is 0. The topological polar surface area (TPSA) is 89.0 Å². The third kappa shape index (κ3) is 6.14. The first-order valence-corrected chi connectivity index (χ1v) is 8.62. The molecule has 0 saturated heterocycles. The summed E-state index contributed by atoms with van der Waals surface area (Å²) in [6.45, 7) is 5.46. The number of rotatable bonds is 6. The summed E-state index contributed by atoms with van der Waals surface area (Å²) in [6, 6.07) is 9.49. The van der Waals surface area contributed by atoms with E-state index < -0.39 is 17.7 Å². The monoisotopic (exact) mass is 392 g/mol. The Hall–Kier alpha value is -2.80. The second kappa shape index (κ2) is 8.73. The molecule has 2 aromatic rings. The molecule has 2 rings (SSSR count). The highest BCUT2D eigenvalue weighted by Crippen LogP contribution is 2.23. The maximum atomic E-state index is 12.5. The Morgan fingerprint density at radius 3 is 2.56 bits per heavy atom. The predicted octanol–water partition coefficient (Wildman–Crippen LogP) is 4.25. The fourth-order valence-corrected chi connectivity index (χ4v) is 2.34. The number of benzene rings is 1. The van der Waals surface area contributed by atoms with Crippen molar-refractivity contribution in [3.8, 4) is 5.75 Å². The van der Waals surface area contributed by atoms with Crippen molar-refractivity contribution in [2.75, 3.05) is 18.1 Å². The van der Waals surface area contributed by atoms with E-state index in [9.17, 15) is 14.7 Å². The van der Waals surface area contributed by atoms with E-state index in [0.717, 1.165) is 0 Å². The van der Waals surface area contributed by atoms with E-state index in [-0.39, 0.29) is 24.5 Å². The smallest absolute Gasteiger partial charge is 0.416 e. The van der Waals surface area contributed by atoms with Gasteiger partial charge in [0.15, 0.2) is 0 Å². The minimum atomic E-state index is -1.15. The highest BCUT2D eigenvalue weighted by atomic mass is 35.5. The van der Waals surface area contributed by atoms with Gasteiger partial charge in [-0.1, -0.05) is 17.7 Å². The second-order valence-electron chi connectivity index (χ2n) is 6.61. The van der Waals surface area contributed by atoms with Crippen molar-refractivity contribution in [2.45, 2.75) is 26.4 Å². The Balaban J connectivity index is 2.13. The molecule has 0 bridgehead atoms. The number of hydrogen-bond donors (Lipinski definition) is 1. The minimum absolute atomic E-state index is 0.0394. The summed E-state index contributed by atoms with van der Waals surface area (Å²) < 4.78 is 11.0. The average molecular weight is 393 g/mol. The standard InChI is InChI=1S/C19H21ClN2O5/c1-19(2,3)27-18(25)22(16-6-4-5-9-21-16)10-11-26-15-8-7-13(20)12-14(15)17(23)24/h4-9,12H,10-11H2,1-3H3,(H,23,24). The molecule has 1 heterocycles. The third-order valence-electron chi connectivity index (χ3n) is 3.28. The summed E-state index contributed by atoms with van der Waals surface area (Å²) in [4.78, 5) is 29.3. The summed E-state index contributed by atoms with van der Waals surface area (Å²) in [5, 5.41) is 9.55. The third-order valence-corrected chi connectivity index (χ3v) is 3.52. The van der Waals surface area contributed by atoms with Crippen LogP contribution in [-0.4, -0.2) is 40.9 Å². The van der Waals surface area contributed by atoms with Gasteiger partial charge in [-0.05, 0) is 51.1 Å². The molecule has 0 atom stereocenters. The van der Waals surface area contributed by atoms with Gasteiger partial charge in [-0.25, -0.2) is 14.6 Å². The molecule has 0 spiro atoms. The zero-order chi connectivity index (χ0) is 20.0. The predicted molar refractivity (Wildman–Crippen MR) is 102 cm³/mol. The van der Waals surface area contributed by atoms with Gasteiger partial charge in [0.1, 0.15) is 29.3 Å². The lowest BCUT2D eigenvalue weighted by atomic mass is 10.2. The van der Waals surface area contributed by atoms with Gasteiger partial charge in [-0.3, -0.25) is 4.90 Å². The first kappa shape index (κ1) is 20.5. The van der Waals surface area contributed by atoms with Gasteiger partial charge in [0.25, 0.3) is 0 Å². The van der Waals surface area contributed by atoms with Crippen LogP contribution in [0.2, 0.25) is 5.02 Å². The molecule has 0 aliphatic carbocycles. The van der Waals surface area contributed by atoms with Gasteiger partial charge in [0.05, 0.1) is 6.54 Å². The Labute approximate surface area is 162 Å². The summed E-state index contributed by atoms with van der Waals surface area (Å²) in [5.74, 6) is -0.580. The Bertz CT molecular complexity index is 805. The molecule has 8 heteroatoms. The van der Waals surface area contributed by atoms with Crippen LogP contribution in [0.3, 0.4) is 0 Å². The first-order valence-electron chi connectivity index (χ1n) is 8.24. The molecular formula is C19H21ClN2O5. The molecule has 0 aliphatic rings. The van der Waals surface area contributed by atoms with Crippen LogP contribution >= 0.6 is 11.6 Å². The molecule has 1 aromatic heterocycles. The molecule has 1 aromatic carbocycles. The van der Waals surface area contributed by atoms with Crippen LogP contribution in [0.1, 0.15) is 31.1 Å². The van der Waals surface area contributed by atoms with E-state index in [1.807, 2.05) is 0 Å². The molecule has 1 amide bonds. The fourth-order valence-electron chi connectivity index (χ4n) is 2.17. The molecule has 1 N–H and O–H groups in total. The molecule has 0 saturated carbocycles. The number of carbonyl (C=O) groups excluding carboxylic acids is 1. The normalized spacial score (nSPS) is 11.0. The highest BCUT2D eigenvalue weighted by molar-refractivity contribution is 6.31. The fraction of sp³-hybridized carbons (Fsp3) is 0.316. The van der Waals surface area contributed by atoms with E-state index in [2.05, 4.69) is 4.98 Å². The number of aromatic nitrogens is 1. The van der Waals surface area contributed by atoms with Crippen molar-refractivity contribution in [2.24, 2.45) is 0 Å². The Morgan fingerprint density at radius 1 is 1.22 bits per heavy atom. The number of carboxylic acid groups (broad SMARTS) is 1. The van der Waals surface area contributed by atoms with Gasteiger partial charge >= 0.3 is 12.1 Å². The van der Waals surface area contributed by atoms with E-state index >= 15 is 0 Å². The maximum Gasteiger partial charge on any atom is 0.416 e. The van der Waals surface area contributed by atoms with Crippen molar-refractivity contribution < 1.29 is 24.2 Å². The first-order chi connectivity index (χ1) is 12.7. The molecule has 7 nitrogen and oxygen atoms in total. The summed E-state index contributed by atoms with van der Waals surface area (Å²) >= 11 is 5.83. The van der Waals surface area contributed by atoms with Crippen LogP contribution in [0, 0.1) is 0 Å². The summed E-state index contributed by atoms with van der Waals surface area (Å²) in [6.07, 6.45) is 0.995. The number of ether oxygens (including phenoxy) is 2. The lowest BCUT2D eigenvalue weighted by Crippen LogP contribution is -2.39. The molecule has 27 heavy (non-hydrogen) atoms. The van der Waals surface area contributed by atoms with E-state index in [4.69, 9.17) is 21.1 Å². The van der Waals surface area contributed by atoms with Gasteiger partial charge in [-0.2, -0.15) is 0 Å². The number of pyridine rings is 1. The lowest BCUT2D eigenvalue weighted by Gasteiger charge is -2.26. The second-order valence-corrected chi connectivity index (χ2v) is 7.05. The summed E-state index contributed by atoms with van der Waals surface area (Å²) in [5.41, 5.74) is -0.721. The van der Waals surface area contributed by atoms with Crippen LogP contribution < -0.4 is 9.64 Å². The number of anilines is 1. The molecule has 0 aliphatic heterocycles. The number of carboxylic acids is 1. The van der Waals surface area contributed by atoms with E-state index in [1.165, 1.54) is 23.1 Å². The number of halogens is 1. The number of amides is 1. The van der Waals surface area contributed by atoms with Crippen LogP contribution in [0.25, 0.3) is 0 Å². The largest absolute Gasteiger partial charge is 0.491 e. The quantitative estimate of drug-likeness (QED) is 0.790. The maximum absolute atomic E-state index is 12.5. The van der Waals surface area contributed by atoms with Crippen LogP contribution in [0.4, 0.5) is 10.6 Å². The number of carbonyl (C=O) groups is 2. The van der Waals surface area contributed by atoms with Gasteiger partial charge in [-0.15, -0.1) is 0 Å². The van der Waals surface area contributed by atoms with E-state index in [0.29, 0.717) is 10.8 Å². The van der Waals surface area contributed by atoms with Gasteiger partial charge in [0.2, 0.25) is 0 Å². The number of hydrogen-bond acceptors (Lipinski definition) is 5.